The quantitative estimate of drug-likeness (QED) is 0.837. The second-order valence-electron chi connectivity index (χ2n) is 6.23. The third-order valence-corrected chi connectivity index (χ3v) is 4.40. The van der Waals surface area contributed by atoms with Crippen molar-refractivity contribution in [3.05, 3.63) is 65.7 Å². The first-order valence-corrected chi connectivity index (χ1v) is 8.52. The maximum atomic E-state index is 12.5. The average Bonchev–Trinajstić information content (AvgIpc) is 3.07. The molecule has 1 atom stereocenters. The summed E-state index contributed by atoms with van der Waals surface area (Å²) in [5, 5.41) is 11.9. The Labute approximate surface area is 151 Å². The Kier molecular flexibility index (Phi) is 5.31. The summed E-state index contributed by atoms with van der Waals surface area (Å²) in [6.07, 6.45) is 1.20. The molecule has 0 spiro atoms. The SMILES string of the molecule is O=C(O)CC(NC(=O)c1ccc(N2CCCC2=O)cc1)c1ccccc1. The maximum Gasteiger partial charge on any atom is 0.305 e. The van der Waals surface area contributed by atoms with Gasteiger partial charge >= 0.3 is 5.97 Å². The van der Waals surface area contributed by atoms with E-state index in [0.717, 1.165) is 17.7 Å². The number of carbonyl (C=O) groups is 3. The molecule has 6 heteroatoms. The number of anilines is 1. The number of carboxylic acid groups (broad SMARTS) is 1. The van der Waals surface area contributed by atoms with E-state index >= 15 is 0 Å². The number of aliphatic carboxylic acids is 1. The Balaban J connectivity index is 1.73. The highest BCUT2D eigenvalue weighted by atomic mass is 16.4. The van der Waals surface area contributed by atoms with Crippen LogP contribution in [-0.2, 0) is 9.59 Å². The monoisotopic (exact) mass is 352 g/mol. The van der Waals surface area contributed by atoms with Gasteiger partial charge in [0.25, 0.3) is 5.91 Å². The number of rotatable bonds is 6. The maximum absolute atomic E-state index is 12.5. The molecule has 0 radical (unpaired) electrons. The Morgan fingerprint density at radius 2 is 1.77 bits per heavy atom. The molecule has 3 rings (SSSR count). The van der Waals surface area contributed by atoms with Crippen molar-refractivity contribution in [3.63, 3.8) is 0 Å². The number of nitrogens with one attached hydrogen (secondary N) is 1. The molecule has 2 N–H and O–H groups in total. The van der Waals surface area contributed by atoms with Gasteiger partial charge in [-0.15, -0.1) is 0 Å². The lowest BCUT2D eigenvalue weighted by atomic mass is 10.0. The Morgan fingerprint density at radius 1 is 1.08 bits per heavy atom. The molecule has 1 unspecified atom stereocenters. The highest BCUT2D eigenvalue weighted by Crippen LogP contribution is 2.22. The molecule has 0 saturated carbocycles. The van der Waals surface area contributed by atoms with Gasteiger partial charge in [0.2, 0.25) is 5.91 Å². The third kappa shape index (κ3) is 4.08. The average molecular weight is 352 g/mol. The van der Waals surface area contributed by atoms with Crippen LogP contribution in [0.5, 0.6) is 0 Å². The molecule has 0 aromatic heterocycles. The molecule has 2 amide bonds. The number of carboxylic acids is 1. The lowest BCUT2D eigenvalue weighted by Crippen LogP contribution is -2.30. The first-order chi connectivity index (χ1) is 12.5. The normalized spacial score (nSPS) is 14.9. The van der Waals surface area contributed by atoms with E-state index in [1.807, 2.05) is 6.07 Å². The van der Waals surface area contributed by atoms with Crippen LogP contribution in [0, 0.1) is 0 Å². The molecular weight excluding hydrogens is 332 g/mol. The molecule has 1 fully saturated rings. The summed E-state index contributed by atoms with van der Waals surface area (Å²) < 4.78 is 0. The van der Waals surface area contributed by atoms with Crippen LogP contribution in [0.3, 0.4) is 0 Å². The van der Waals surface area contributed by atoms with Crippen molar-refractivity contribution in [1.82, 2.24) is 5.32 Å². The van der Waals surface area contributed by atoms with E-state index in [1.54, 1.807) is 53.4 Å². The Morgan fingerprint density at radius 3 is 2.35 bits per heavy atom. The van der Waals surface area contributed by atoms with Crippen molar-refractivity contribution < 1.29 is 19.5 Å². The summed E-state index contributed by atoms with van der Waals surface area (Å²) in [7, 11) is 0. The fourth-order valence-corrected chi connectivity index (χ4v) is 3.07. The van der Waals surface area contributed by atoms with Crippen LogP contribution < -0.4 is 10.2 Å². The summed E-state index contributed by atoms with van der Waals surface area (Å²) >= 11 is 0. The van der Waals surface area contributed by atoms with Crippen LogP contribution in [0.1, 0.15) is 41.2 Å². The van der Waals surface area contributed by atoms with Gasteiger partial charge in [0.1, 0.15) is 0 Å². The Hall–Kier alpha value is -3.15. The summed E-state index contributed by atoms with van der Waals surface area (Å²) in [6.45, 7) is 0.694. The highest BCUT2D eigenvalue weighted by Gasteiger charge is 2.22. The van der Waals surface area contributed by atoms with Crippen LogP contribution in [0.2, 0.25) is 0 Å². The summed E-state index contributed by atoms with van der Waals surface area (Å²) in [5.74, 6) is -1.24. The standard InChI is InChI=1S/C20H20N2O4/c23-18-7-4-12-22(18)16-10-8-15(9-11-16)20(26)21-17(13-19(24)25)14-5-2-1-3-6-14/h1-3,5-6,8-11,17H,4,7,12-13H2,(H,21,26)(H,24,25). The molecule has 2 aromatic rings. The lowest BCUT2D eigenvalue weighted by molar-refractivity contribution is -0.137. The van der Waals surface area contributed by atoms with Crippen molar-refractivity contribution in [2.24, 2.45) is 0 Å². The van der Waals surface area contributed by atoms with Crippen molar-refractivity contribution in [3.8, 4) is 0 Å². The fourth-order valence-electron chi connectivity index (χ4n) is 3.07. The smallest absolute Gasteiger partial charge is 0.305 e. The highest BCUT2D eigenvalue weighted by molar-refractivity contribution is 5.97. The minimum atomic E-state index is -0.984. The number of carbonyl (C=O) groups excluding carboxylic acids is 2. The lowest BCUT2D eigenvalue weighted by Gasteiger charge is -2.18. The molecule has 6 nitrogen and oxygen atoms in total. The van der Waals surface area contributed by atoms with Crippen LogP contribution >= 0.6 is 0 Å². The molecule has 0 aliphatic carbocycles. The van der Waals surface area contributed by atoms with Gasteiger partial charge < -0.3 is 15.3 Å². The molecule has 1 aliphatic heterocycles. The second kappa shape index (κ2) is 7.82. The van der Waals surface area contributed by atoms with E-state index < -0.39 is 12.0 Å². The van der Waals surface area contributed by atoms with E-state index in [-0.39, 0.29) is 18.2 Å². The zero-order valence-electron chi connectivity index (χ0n) is 14.2. The second-order valence-corrected chi connectivity index (χ2v) is 6.23. The van der Waals surface area contributed by atoms with E-state index in [4.69, 9.17) is 5.11 Å². The number of hydrogen-bond acceptors (Lipinski definition) is 3. The number of amides is 2. The summed E-state index contributed by atoms with van der Waals surface area (Å²) in [4.78, 5) is 37.2. The summed E-state index contributed by atoms with van der Waals surface area (Å²) in [6, 6.07) is 15.2. The molecular formula is C20H20N2O4. The zero-order valence-corrected chi connectivity index (χ0v) is 14.2. The van der Waals surface area contributed by atoms with Gasteiger partial charge in [-0.1, -0.05) is 30.3 Å². The zero-order chi connectivity index (χ0) is 18.5. The van der Waals surface area contributed by atoms with E-state index in [2.05, 4.69) is 5.32 Å². The third-order valence-electron chi connectivity index (χ3n) is 4.40. The van der Waals surface area contributed by atoms with Gasteiger partial charge in [-0.05, 0) is 36.2 Å². The molecule has 134 valence electrons. The fraction of sp³-hybridized carbons (Fsp3) is 0.250. The topological polar surface area (TPSA) is 86.7 Å². The molecule has 26 heavy (non-hydrogen) atoms. The number of nitrogens with zero attached hydrogens (tertiary/aromatic N) is 1. The first-order valence-electron chi connectivity index (χ1n) is 8.52. The van der Waals surface area contributed by atoms with Gasteiger partial charge in [0.05, 0.1) is 12.5 Å². The van der Waals surface area contributed by atoms with Crippen molar-refractivity contribution in [1.29, 1.82) is 0 Å². The van der Waals surface area contributed by atoms with Crippen LogP contribution in [0.4, 0.5) is 5.69 Å². The molecule has 1 heterocycles. The predicted octanol–water partition coefficient (Wildman–Crippen LogP) is 2.76. The van der Waals surface area contributed by atoms with Gasteiger partial charge in [0.15, 0.2) is 0 Å². The number of benzene rings is 2. The molecule has 2 aromatic carbocycles. The van der Waals surface area contributed by atoms with Gasteiger partial charge in [-0.2, -0.15) is 0 Å². The minimum Gasteiger partial charge on any atom is -0.481 e. The van der Waals surface area contributed by atoms with E-state index in [9.17, 15) is 14.4 Å². The van der Waals surface area contributed by atoms with Crippen LogP contribution in [-0.4, -0.2) is 29.4 Å². The largest absolute Gasteiger partial charge is 0.481 e. The molecule has 1 aliphatic rings. The molecule has 1 saturated heterocycles. The van der Waals surface area contributed by atoms with E-state index in [0.29, 0.717) is 18.5 Å². The van der Waals surface area contributed by atoms with Gasteiger partial charge in [-0.25, -0.2) is 0 Å². The minimum absolute atomic E-state index is 0.0906. The van der Waals surface area contributed by atoms with Crippen molar-refractivity contribution in [2.45, 2.75) is 25.3 Å². The van der Waals surface area contributed by atoms with Gasteiger partial charge in [-0.3, -0.25) is 14.4 Å². The van der Waals surface area contributed by atoms with Crippen molar-refractivity contribution in [2.75, 3.05) is 11.4 Å². The van der Waals surface area contributed by atoms with Gasteiger partial charge in [0, 0.05) is 24.2 Å². The Bertz CT molecular complexity index is 802. The van der Waals surface area contributed by atoms with Crippen LogP contribution in [0.15, 0.2) is 54.6 Å². The van der Waals surface area contributed by atoms with Crippen molar-refractivity contribution >= 4 is 23.5 Å². The first kappa shape index (κ1) is 17.7. The molecule has 0 bridgehead atoms. The predicted molar refractivity (Wildman–Crippen MR) is 96.9 cm³/mol. The number of hydrogen-bond donors (Lipinski definition) is 2. The van der Waals surface area contributed by atoms with E-state index in [1.165, 1.54) is 0 Å². The van der Waals surface area contributed by atoms with Crippen LogP contribution in [0.25, 0.3) is 0 Å². The summed E-state index contributed by atoms with van der Waals surface area (Å²) in [5.41, 5.74) is 1.93.